The Morgan fingerprint density at radius 2 is 1.90 bits per heavy atom. The summed E-state index contributed by atoms with van der Waals surface area (Å²) in [5.41, 5.74) is 2.88. The van der Waals surface area contributed by atoms with Crippen molar-refractivity contribution < 1.29 is 0 Å². The lowest BCUT2D eigenvalue weighted by Gasteiger charge is -2.32. The fourth-order valence-electron chi connectivity index (χ4n) is 3.67. The lowest BCUT2D eigenvalue weighted by atomic mass is 10.0. The topological polar surface area (TPSA) is 15.3 Å². The van der Waals surface area contributed by atoms with Crippen molar-refractivity contribution in [2.45, 2.75) is 71.0 Å². The first kappa shape index (κ1) is 16.5. The maximum Gasteiger partial charge on any atom is 0.0447 e. The molecule has 0 amide bonds. The van der Waals surface area contributed by atoms with E-state index < -0.39 is 0 Å². The number of benzene rings is 1. The Balaban J connectivity index is 2.05. The van der Waals surface area contributed by atoms with E-state index in [1.807, 2.05) is 0 Å². The van der Waals surface area contributed by atoms with Crippen LogP contribution in [0.5, 0.6) is 0 Å². The third-order valence-electron chi connectivity index (χ3n) is 5.09. The summed E-state index contributed by atoms with van der Waals surface area (Å²) in [4.78, 5) is 2.71. The molecule has 1 N–H and O–H groups in total. The molecule has 1 saturated heterocycles. The quantitative estimate of drug-likeness (QED) is 0.810. The number of nitrogens with zero attached hydrogens (tertiary/aromatic N) is 1. The average Bonchev–Trinajstić information content (AvgIpc) is 2.86. The van der Waals surface area contributed by atoms with Crippen LogP contribution in [0, 0.1) is 0 Å². The molecule has 1 aromatic rings. The zero-order valence-electron chi connectivity index (χ0n) is 14.2. The Kier molecular flexibility index (Phi) is 6.25. The van der Waals surface area contributed by atoms with E-state index in [9.17, 15) is 0 Å². The molecule has 1 fully saturated rings. The van der Waals surface area contributed by atoms with Crippen molar-refractivity contribution >= 4 is 0 Å². The molecule has 0 radical (unpaired) electrons. The van der Waals surface area contributed by atoms with E-state index in [1.165, 1.54) is 43.2 Å². The minimum atomic E-state index is 0.440. The van der Waals surface area contributed by atoms with Crippen LogP contribution in [0.2, 0.25) is 0 Å². The van der Waals surface area contributed by atoms with E-state index in [-0.39, 0.29) is 0 Å². The SMILES string of the molecule is CCCc1ccc(C(CN2C(C)CCC2CC)NC)cc1. The molecule has 0 spiro atoms. The van der Waals surface area contributed by atoms with Gasteiger partial charge in [-0.15, -0.1) is 0 Å². The van der Waals surface area contributed by atoms with Gasteiger partial charge in [-0.25, -0.2) is 0 Å². The average molecular weight is 288 g/mol. The Morgan fingerprint density at radius 3 is 2.48 bits per heavy atom. The summed E-state index contributed by atoms with van der Waals surface area (Å²) in [6, 6.07) is 11.2. The number of likely N-dealkylation sites (N-methyl/N-ethyl adjacent to an activating group) is 1. The van der Waals surface area contributed by atoms with E-state index >= 15 is 0 Å². The van der Waals surface area contributed by atoms with Crippen LogP contribution in [0.4, 0.5) is 0 Å². The summed E-state index contributed by atoms with van der Waals surface area (Å²) in [6.07, 6.45) is 6.40. The molecular weight excluding hydrogens is 256 g/mol. The van der Waals surface area contributed by atoms with Gasteiger partial charge in [-0.05, 0) is 50.8 Å². The zero-order chi connectivity index (χ0) is 15.2. The molecule has 0 bridgehead atoms. The van der Waals surface area contributed by atoms with Crippen molar-refractivity contribution in [3.8, 4) is 0 Å². The number of likely N-dealkylation sites (tertiary alicyclic amines) is 1. The number of aryl methyl sites for hydroxylation is 1. The summed E-state index contributed by atoms with van der Waals surface area (Å²) in [5, 5.41) is 3.52. The van der Waals surface area contributed by atoms with Crippen LogP contribution in [-0.4, -0.2) is 30.6 Å². The van der Waals surface area contributed by atoms with Gasteiger partial charge in [-0.3, -0.25) is 4.90 Å². The molecule has 3 unspecified atom stereocenters. The van der Waals surface area contributed by atoms with Gasteiger partial charge in [0, 0.05) is 24.7 Å². The molecule has 1 aliphatic rings. The van der Waals surface area contributed by atoms with E-state index in [0.717, 1.165) is 18.6 Å². The molecule has 1 heterocycles. The first-order valence-corrected chi connectivity index (χ1v) is 8.71. The summed E-state index contributed by atoms with van der Waals surface area (Å²) >= 11 is 0. The maximum absolute atomic E-state index is 3.52. The lowest BCUT2D eigenvalue weighted by molar-refractivity contribution is 0.179. The van der Waals surface area contributed by atoms with Crippen molar-refractivity contribution in [1.29, 1.82) is 0 Å². The van der Waals surface area contributed by atoms with Crippen molar-refractivity contribution in [2.24, 2.45) is 0 Å². The summed E-state index contributed by atoms with van der Waals surface area (Å²) in [5.74, 6) is 0. The van der Waals surface area contributed by atoms with Crippen LogP contribution in [0.3, 0.4) is 0 Å². The van der Waals surface area contributed by atoms with Crippen molar-refractivity contribution in [3.05, 3.63) is 35.4 Å². The van der Waals surface area contributed by atoms with Gasteiger partial charge in [0.15, 0.2) is 0 Å². The van der Waals surface area contributed by atoms with Gasteiger partial charge < -0.3 is 5.32 Å². The number of nitrogens with one attached hydrogen (secondary N) is 1. The van der Waals surface area contributed by atoms with Crippen molar-refractivity contribution in [2.75, 3.05) is 13.6 Å². The van der Waals surface area contributed by atoms with Crippen LogP contribution in [-0.2, 0) is 6.42 Å². The molecule has 2 rings (SSSR count). The van der Waals surface area contributed by atoms with E-state index in [2.05, 4.69) is 62.3 Å². The van der Waals surface area contributed by atoms with Crippen LogP contribution in [0.15, 0.2) is 24.3 Å². The highest BCUT2D eigenvalue weighted by Crippen LogP contribution is 2.28. The summed E-state index contributed by atoms with van der Waals surface area (Å²) in [6.45, 7) is 8.07. The minimum absolute atomic E-state index is 0.440. The number of rotatable bonds is 7. The molecule has 0 aromatic heterocycles. The van der Waals surface area contributed by atoms with Crippen molar-refractivity contribution in [3.63, 3.8) is 0 Å². The molecule has 0 saturated carbocycles. The van der Waals surface area contributed by atoms with E-state index in [1.54, 1.807) is 0 Å². The van der Waals surface area contributed by atoms with Gasteiger partial charge >= 0.3 is 0 Å². The molecule has 21 heavy (non-hydrogen) atoms. The second-order valence-electron chi connectivity index (χ2n) is 6.52. The van der Waals surface area contributed by atoms with Crippen molar-refractivity contribution in [1.82, 2.24) is 10.2 Å². The predicted molar refractivity (Wildman–Crippen MR) is 91.7 cm³/mol. The highest BCUT2D eigenvalue weighted by molar-refractivity contribution is 5.25. The fourth-order valence-corrected chi connectivity index (χ4v) is 3.67. The minimum Gasteiger partial charge on any atom is -0.312 e. The zero-order valence-corrected chi connectivity index (χ0v) is 14.2. The molecule has 2 heteroatoms. The smallest absolute Gasteiger partial charge is 0.0447 e. The normalized spacial score (nSPS) is 24.4. The Hall–Kier alpha value is -0.860. The van der Waals surface area contributed by atoms with E-state index in [0.29, 0.717) is 6.04 Å². The second-order valence-corrected chi connectivity index (χ2v) is 6.52. The Morgan fingerprint density at radius 1 is 1.19 bits per heavy atom. The number of hydrogen-bond acceptors (Lipinski definition) is 2. The van der Waals surface area contributed by atoms with Gasteiger partial charge in [-0.1, -0.05) is 44.5 Å². The molecule has 2 nitrogen and oxygen atoms in total. The highest BCUT2D eigenvalue weighted by atomic mass is 15.2. The van der Waals surface area contributed by atoms with Gasteiger partial charge in [0.2, 0.25) is 0 Å². The number of hydrogen-bond donors (Lipinski definition) is 1. The third kappa shape index (κ3) is 4.08. The van der Waals surface area contributed by atoms with Crippen LogP contribution in [0.25, 0.3) is 0 Å². The fraction of sp³-hybridized carbons (Fsp3) is 0.684. The monoisotopic (exact) mass is 288 g/mol. The summed E-state index contributed by atoms with van der Waals surface area (Å²) < 4.78 is 0. The van der Waals surface area contributed by atoms with Crippen LogP contribution in [0.1, 0.15) is 63.6 Å². The third-order valence-corrected chi connectivity index (χ3v) is 5.09. The van der Waals surface area contributed by atoms with E-state index in [4.69, 9.17) is 0 Å². The first-order valence-electron chi connectivity index (χ1n) is 8.71. The molecule has 3 atom stereocenters. The molecule has 0 aliphatic carbocycles. The van der Waals surface area contributed by atoms with Gasteiger partial charge in [0.1, 0.15) is 0 Å². The highest BCUT2D eigenvalue weighted by Gasteiger charge is 2.30. The lowest BCUT2D eigenvalue weighted by Crippen LogP contribution is -2.40. The first-order chi connectivity index (χ1) is 10.2. The van der Waals surface area contributed by atoms with Gasteiger partial charge in [0.25, 0.3) is 0 Å². The maximum atomic E-state index is 3.52. The predicted octanol–water partition coefficient (Wildman–Crippen LogP) is 4.16. The molecule has 1 aliphatic heterocycles. The standard InChI is InChI=1S/C19H32N2/c1-5-7-16-9-11-17(12-10-16)19(20-4)14-21-15(3)8-13-18(21)6-2/h9-12,15,18-20H,5-8,13-14H2,1-4H3. The van der Waals surface area contributed by atoms with Gasteiger partial charge in [-0.2, -0.15) is 0 Å². The van der Waals surface area contributed by atoms with Crippen LogP contribution < -0.4 is 5.32 Å². The summed E-state index contributed by atoms with van der Waals surface area (Å²) in [7, 11) is 2.09. The van der Waals surface area contributed by atoms with Crippen LogP contribution >= 0.6 is 0 Å². The Bertz CT molecular complexity index is 412. The van der Waals surface area contributed by atoms with Gasteiger partial charge in [0.05, 0.1) is 0 Å². The second kappa shape index (κ2) is 7.95. The molecular formula is C19H32N2. The largest absolute Gasteiger partial charge is 0.312 e. The molecule has 118 valence electrons. The molecule has 1 aromatic carbocycles. The Labute approximate surface area is 130 Å².